The van der Waals surface area contributed by atoms with Crippen molar-refractivity contribution in [2.45, 2.75) is 10.6 Å². The number of carbonyl (C=O) groups is 1. The molecule has 166 valence electrons. The van der Waals surface area contributed by atoms with Crippen LogP contribution in [-0.4, -0.2) is 25.0 Å². The highest BCUT2D eigenvalue weighted by molar-refractivity contribution is 9.10. The molecular weight excluding hydrogens is 518 g/mol. The van der Waals surface area contributed by atoms with Crippen molar-refractivity contribution in [3.8, 4) is 0 Å². The van der Waals surface area contributed by atoms with Crippen LogP contribution in [0.5, 0.6) is 0 Å². The molecule has 0 aliphatic heterocycles. The normalized spacial score (nSPS) is 11.0. The molecule has 1 amide bonds. The molecule has 0 saturated carbocycles. The molecule has 3 aromatic rings. The maximum absolute atomic E-state index is 12.5. The van der Waals surface area contributed by atoms with Gasteiger partial charge in [0.1, 0.15) is 0 Å². The van der Waals surface area contributed by atoms with E-state index >= 15 is 0 Å². The van der Waals surface area contributed by atoms with Gasteiger partial charge in [0, 0.05) is 33.7 Å². The Bertz CT molecular complexity index is 1200. The predicted molar refractivity (Wildman–Crippen MR) is 129 cm³/mol. The van der Waals surface area contributed by atoms with E-state index in [1.807, 2.05) is 0 Å². The Morgan fingerprint density at radius 1 is 0.938 bits per heavy atom. The number of nitrogens with zero attached hydrogens (tertiary/aromatic N) is 1. The van der Waals surface area contributed by atoms with Gasteiger partial charge in [-0.3, -0.25) is 19.6 Å². The van der Waals surface area contributed by atoms with E-state index in [1.165, 1.54) is 48.2 Å². The Morgan fingerprint density at radius 3 is 2.12 bits per heavy atom. The van der Waals surface area contributed by atoms with Crippen LogP contribution in [-0.2, 0) is 20.6 Å². The lowest BCUT2D eigenvalue weighted by Crippen LogP contribution is -2.15. The first-order chi connectivity index (χ1) is 15.2. The Kier molecular flexibility index (Phi) is 7.89. The lowest BCUT2D eigenvalue weighted by Gasteiger charge is -2.10. The summed E-state index contributed by atoms with van der Waals surface area (Å²) in [6.45, 7) is 0. The summed E-state index contributed by atoms with van der Waals surface area (Å²) in [6, 6.07) is 18.8. The third-order valence-corrected chi connectivity index (χ3v) is 7.12. The molecule has 0 spiro atoms. The van der Waals surface area contributed by atoms with Gasteiger partial charge in [-0.1, -0.05) is 28.1 Å². The number of rotatable bonds is 9. The fraction of sp³-hybridized carbons (Fsp3) is 0.0952. The quantitative estimate of drug-likeness (QED) is 0.293. The van der Waals surface area contributed by atoms with Crippen molar-refractivity contribution in [1.29, 1.82) is 0 Å². The predicted octanol–water partition coefficient (Wildman–Crippen LogP) is 5.03. The van der Waals surface area contributed by atoms with Crippen LogP contribution in [0.3, 0.4) is 0 Å². The number of sulfonamides is 1. The third kappa shape index (κ3) is 6.81. The molecule has 3 aromatic carbocycles. The molecule has 0 fully saturated rings. The van der Waals surface area contributed by atoms with Crippen molar-refractivity contribution >= 4 is 60.7 Å². The van der Waals surface area contributed by atoms with E-state index in [0.717, 1.165) is 10.0 Å². The summed E-state index contributed by atoms with van der Waals surface area (Å²) < 4.78 is 28.3. The van der Waals surface area contributed by atoms with Gasteiger partial charge in [-0.15, -0.1) is 11.8 Å². The number of anilines is 2. The second-order valence-corrected chi connectivity index (χ2v) is 10.2. The van der Waals surface area contributed by atoms with Crippen LogP contribution in [0.4, 0.5) is 17.1 Å². The van der Waals surface area contributed by atoms with E-state index in [0.29, 0.717) is 17.1 Å². The van der Waals surface area contributed by atoms with Crippen LogP contribution >= 0.6 is 27.7 Å². The molecule has 3 rings (SSSR count). The lowest BCUT2D eigenvalue weighted by atomic mass is 10.2. The number of thioether (sulfide) groups is 1. The molecule has 11 heteroatoms. The molecular formula is C21H18BrN3O5S2. The summed E-state index contributed by atoms with van der Waals surface area (Å²) >= 11 is 4.66. The smallest absolute Gasteiger partial charge is 0.269 e. The number of nitrogens with one attached hydrogen (secondary N) is 2. The SMILES string of the molecule is O=C(CSCc1ccc([N+](=O)[O-])cc1)Nc1ccc(S(=O)(=O)Nc2ccc(Br)cc2)cc1. The molecule has 0 unspecified atom stereocenters. The minimum atomic E-state index is -3.75. The van der Waals surface area contributed by atoms with Crippen molar-refractivity contribution in [2.75, 3.05) is 15.8 Å². The molecule has 0 radical (unpaired) electrons. The number of hydrogen-bond donors (Lipinski definition) is 2. The van der Waals surface area contributed by atoms with Gasteiger partial charge in [-0.2, -0.15) is 0 Å². The second kappa shape index (κ2) is 10.6. The van der Waals surface area contributed by atoms with Crippen molar-refractivity contribution in [2.24, 2.45) is 0 Å². The van der Waals surface area contributed by atoms with Crippen molar-refractivity contribution in [3.63, 3.8) is 0 Å². The van der Waals surface area contributed by atoms with Gasteiger partial charge in [0.05, 0.1) is 15.6 Å². The maximum Gasteiger partial charge on any atom is 0.269 e. The number of hydrogen-bond acceptors (Lipinski definition) is 6. The van der Waals surface area contributed by atoms with Crippen LogP contribution in [0.15, 0.2) is 82.2 Å². The van der Waals surface area contributed by atoms with Gasteiger partial charge in [0.2, 0.25) is 5.91 Å². The lowest BCUT2D eigenvalue weighted by molar-refractivity contribution is -0.384. The van der Waals surface area contributed by atoms with Gasteiger partial charge in [0.25, 0.3) is 15.7 Å². The minimum Gasteiger partial charge on any atom is -0.325 e. The van der Waals surface area contributed by atoms with Crippen LogP contribution in [0.2, 0.25) is 0 Å². The van der Waals surface area contributed by atoms with Crippen molar-refractivity contribution < 1.29 is 18.1 Å². The molecule has 0 bridgehead atoms. The highest BCUT2D eigenvalue weighted by atomic mass is 79.9. The Balaban J connectivity index is 1.50. The van der Waals surface area contributed by atoms with E-state index in [-0.39, 0.29) is 22.2 Å². The largest absolute Gasteiger partial charge is 0.325 e. The molecule has 0 aliphatic rings. The van der Waals surface area contributed by atoms with Crippen molar-refractivity contribution in [1.82, 2.24) is 0 Å². The zero-order valence-electron chi connectivity index (χ0n) is 16.5. The van der Waals surface area contributed by atoms with Crippen LogP contribution in [0, 0.1) is 10.1 Å². The number of non-ortho nitro benzene ring substituents is 1. The topological polar surface area (TPSA) is 118 Å². The van der Waals surface area contributed by atoms with Crippen LogP contribution in [0.1, 0.15) is 5.56 Å². The Morgan fingerprint density at radius 2 is 1.53 bits per heavy atom. The minimum absolute atomic E-state index is 0.0222. The number of benzene rings is 3. The first-order valence-corrected chi connectivity index (χ1v) is 12.7. The summed E-state index contributed by atoms with van der Waals surface area (Å²) in [4.78, 5) is 22.4. The standard InChI is InChI=1S/C21H18BrN3O5S2/c22-16-3-5-18(6-4-16)24-32(29,30)20-11-7-17(8-12-20)23-21(26)14-31-13-15-1-9-19(10-2-15)25(27)28/h1-12,24H,13-14H2,(H,23,26). The molecule has 0 saturated heterocycles. The number of nitro benzene ring substituents is 1. The van der Waals surface area contributed by atoms with Crippen molar-refractivity contribution in [3.05, 3.63) is 92.9 Å². The number of nitro groups is 1. The fourth-order valence-electron chi connectivity index (χ4n) is 2.62. The van der Waals surface area contributed by atoms with E-state index < -0.39 is 14.9 Å². The maximum atomic E-state index is 12.5. The Labute approximate surface area is 197 Å². The summed E-state index contributed by atoms with van der Waals surface area (Å²) in [7, 11) is -3.75. The fourth-order valence-corrected chi connectivity index (χ4v) is 4.73. The summed E-state index contributed by atoms with van der Waals surface area (Å²) in [5.74, 6) is 0.479. The summed E-state index contributed by atoms with van der Waals surface area (Å²) in [5, 5.41) is 13.4. The molecule has 0 heterocycles. The third-order valence-electron chi connectivity index (χ3n) is 4.19. The average Bonchev–Trinajstić information content (AvgIpc) is 2.76. The number of amides is 1. The number of carbonyl (C=O) groups excluding carboxylic acids is 1. The highest BCUT2D eigenvalue weighted by Gasteiger charge is 2.14. The zero-order valence-corrected chi connectivity index (χ0v) is 19.7. The Hall–Kier alpha value is -2.89. The van der Waals surface area contributed by atoms with E-state index in [4.69, 9.17) is 0 Å². The van der Waals surface area contributed by atoms with E-state index in [1.54, 1.807) is 36.4 Å². The van der Waals surface area contributed by atoms with Crippen LogP contribution in [0.25, 0.3) is 0 Å². The molecule has 0 aliphatic carbocycles. The van der Waals surface area contributed by atoms with Gasteiger partial charge >= 0.3 is 0 Å². The van der Waals surface area contributed by atoms with Crippen LogP contribution < -0.4 is 10.0 Å². The first kappa shape index (κ1) is 23.8. The zero-order chi connectivity index (χ0) is 23.1. The molecule has 0 atom stereocenters. The first-order valence-electron chi connectivity index (χ1n) is 9.22. The number of halogens is 1. The van der Waals surface area contributed by atoms with Gasteiger partial charge in [-0.05, 0) is 54.1 Å². The van der Waals surface area contributed by atoms with E-state index in [2.05, 4.69) is 26.0 Å². The van der Waals surface area contributed by atoms with Gasteiger partial charge in [-0.25, -0.2) is 8.42 Å². The summed E-state index contributed by atoms with van der Waals surface area (Å²) in [5.41, 5.74) is 1.82. The highest BCUT2D eigenvalue weighted by Crippen LogP contribution is 2.21. The molecule has 32 heavy (non-hydrogen) atoms. The second-order valence-electron chi connectivity index (χ2n) is 6.60. The summed E-state index contributed by atoms with van der Waals surface area (Å²) in [6.07, 6.45) is 0. The monoisotopic (exact) mass is 535 g/mol. The molecule has 0 aromatic heterocycles. The van der Waals surface area contributed by atoms with Gasteiger partial charge < -0.3 is 5.32 Å². The van der Waals surface area contributed by atoms with E-state index in [9.17, 15) is 23.3 Å². The average molecular weight is 536 g/mol. The van der Waals surface area contributed by atoms with Gasteiger partial charge in [0.15, 0.2) is 0 Å². The molecule has 8 nitrogen and oxygen atoms in total. The molecule has 2 N–H and O–H groups in total.